The van der Waals surface area contributed by atoms with E-state index in [0.717, 1.165) is 0 Å². The van der Waals surface area contributed by atoms with Gasteiger partial charge in [-0.15, -0.1) is 0 Å². The number of hydrogen-bond acceptors (Lipinski definition) is 5. The van der Waals surface area contributed by atoms with E-state index in [-0.39, 0.29) is 24.1 Å². The number of para-hydroxylation sites is 4. The Morgan fingerprint density at radius 1 is 1.07 bits per heavy atom. The first-order valence-corrected chi connectivity index (χ1v) is 8.56. The van der Waals surface area contributed by atoms with Crippen LogP contribution >= 0.6 is 0 Å². The number of methoxy groups -OCH3 is 1. The third-order valence-electron chi connectivity index (χ3n) is 4.05. The Balaban J connectivity index is 1.73. The summed E-state index contributed by atoms with van der Waals surface area (Å²) in [6.07, 6.45) is 1.44. The molecule has 2 aromatic carbocycles. The van der Waals surface area contributed by atoms with E-state index < -0.39 is 0 Å². The number of likely N-dealkylation sites (N-methyl/N-ethyl adjacent to an activating group) is 1. The van der Waals surface area contributed by atoms with Gasteiger partial charge in [-0.3, -0.25) is 14.6 Å². The van der Waals surface area contributed by atoms with Gasteiger partial charge in [-0.2, -0.15) is 0 Å². The standard InChI is InChI=1S/C20H20N4O3/c1-3-24(13-19(25)23-16-10-6-7-11-18(16)27-2)20(26)17-12-21-14-8-4-5-9-15(14)22-17/h4-12H,3,13H2,1-2H3,(H,23,25). The fourth-order valence-electron chi connectivity index (χ4n) is 2.66. The van der Waals surface area contributed by atoms with Crippen molar-refractivity contribution >= 4 is 28.5 Å². The molecule has 3 aromatic rings. The van der Waals surface area contributed by atoms with E-state index in [0.29, 0.717) is 29.0 Å². The number of ether oxygens (including phenoxy) is 1. The minimum Gasteiger partial charge on any atom is -0.495 e. The molecule has 1 N–H and O–H groups in total. The van der Waals surface area contributed by atoms with E-state index in [1.807, 2.05) is 31.2 Å². The molecular weight excluding hydrogens is 344 g/mol. The van der Waals surface area contributed by atoms with Crippen molar-refractivity contribution in [2.75, 3.05) is 25.5 Å². The number of fused-ring (bicyclic) bond motifs is 1. The average molecular weight is 364 g/mol. The number of rotatable bonds is 6. The van der Waals surface area contributed by atoms with Crippen LogP contribution < -0.4 is 10.1 Å². The third-order valence-corrected chi connectivity index (χ3v) is 4.05. The number of hydrogen-bond donors (Lipinski definition) is 1. The normalized spacial score (nSPS) is 10.4. The van der Waals surface area contributed by atoms with Crippen LogP contribution in [0.4, 0.5) is 5.69 Å². The van der Waals surface area contributed by atoms with E-state index in [1.165, 1.54) is 18.2 Å². The first kappa shape index (κ1) is 18.3. The van der Waals surface area contributed by atoms with Crippen LogP contribution in [0.25, 0.3) is 11.0 Å². The lowest BCUT2D eigenvalue weighted by Gasteiger charge is -2.20. The highest BCUT2D eigenvalue weighted by Gasteiger charge is 2.20. The summed E-state index contributed by atoms with van der Waals surface area (Å²) in [6, 6.07) is 14.4. The Labute approximate surface area is 157 Å². The van der Waals surface area contributed by atoms with Crippen molar-refractivity contribution in [3.8, 4) is 5.75 Å². The molecule has 0 spiro atoms. The van der Waals surface area contributed by atoms with Gasteiger partial charge in [-0.1, -0.05) is 24.3 Å². The molecule has 0 atom stereocenters. The van der Waals surface area contributed by atoms with Gasteiger partial charge >= 0.3 is 0 Å². The smallest absolute Gasteiger partial charge is 0.274 e. The van der Waals surface area contributed by atoms with Crippen molar-refractivity contribution in [1.82, 2.24) is 14.9 Å². The predicted octanol–water partition coefficient (Wildman–Crippen LogP) is 2.74. The van der Waals surface area contributed by atoms with Crippen molar-refractivity contribution in [2.24, 2.45) is 0 Å². The van der Waals surface area contributed by atoms with Gasteiger partial charge in [-0.05, 0) is 31.2 Å². The van der Waals surface area contributed by atoms with E-state index in [1.54, 1.807) is 24.3 Å². The number of nitrogens with one attached hydrogen (secondary N) is 1. The molecule has 0 unspecified atom stereocenters. The molecule has 0 saturated carbocycles. The summed E-state index contributed by atoms with van der Waals surface area (Å²) in [5, 5.41) is 2.77. The second kappa shape index (κ2) is 8.27. The molecule has 7 heteroatoms. The highest BCUT2D eigenvalue weighted by atomic mass is 16.5. The van der Waals surface area contributed by atoms with E-state index >= 15 is 0 Å². The molecule has 0 saturated heterocycles. The molecule has 3 rings (SSSR count). The number of benzene rings is 2. The minimum absolute atomic E-state index is 0.0953. The number of aromatic nitrogens is 2. The Kier molecular flexibility index (Phi) is 5.61. The molecule has 0 aliphatic carbocycles. The molecule has 27 heavy (non-hydrogen) atoms. The molecule has 138 valence electrons. The summed E-state index contributed by atoms with van der Waals surface area (Å²) in [5.41, 5.74) is 2.11. The first-order chi connectivity index (χ1) is 13.1. The van der Waals surface area contributed by atoms with Crippen LogP contribution in [-0.2, 0) is 4.79 Å². The average Bonchev–Trinajstić information content (AvgIpc) is 2.71. The van der Waals surface area contributed by atoms with Crippen LogP contribution in [0.1, 0.15) is 17.4 Å². The van der Waals surface area contributed by atoms with Gasteiger partial charge in [0.05, 0.1) is 30.0 Å². The molecule has 0 aliphatic heterocycles. The van der Waals surface area contributed by atoms with Crippen LogP contribution in [0.2, 0.25) is 0 Å². The summed E-state index contributed by atoms with van der Waals surface area (Å²) < 4.78 is 5.22. The van der Waals surface area contributed by atoms with E-state index in [9.17, 15) is 9.59 Å². The Bertz CT molecular complexity index is 974. The number of amides is 2. The highest BCUT2D eigenvalue weighted by Crippen LogP contribution is 2.22. The van der Waals surface area contributed by atoms with E-state index in [2.05, 4.69) is 15.3 Å². The Hall–Kier alpha value is -3.48. The quantitative estimate of drug-likeness (QED) is 0.727. The Morgan fingerprint density at radius 2 is 1.78 bits per heavy atom. The highest BCUT2D eigenvalue weighted by molar-refractivity contribution is 5.99. The van der Waals surface area contributed by atoms with Crippen molar-refractivity contribution in [3.63, 3.8) is 0 Å². The van der Waals surface area contributed by atoms with Gasteiger partial charge in [-0.25, -0.2) is 4.98 Å². The van der Waals surface area contributed by atoms with Crippen LogP contribution in [0.5, 0.6) is 5.75 Å². The molecule has 1 heterocycles. The molecule has 2 amide bonds. The van der Waals surface area contributed by atoms with Gasteiger partial charge in [0.25, 0.3) is 5.91 Å². The summed E-state index contributed by atoms with van der Waals surface area (Å²) in [5.74, 6) is -0.102. The largest absolute Gasteiger partial charge is 0.495 e. The van der Waals surface area contributed by atoms with Crippen LogP contribution in [-0.4, -0.2) is 46.9 Å². The molecule has 0 fully saturated rings. The monoisotopic (exact) mass is 364 g/mol. The maximum atomic E-state index is 12.7. The summed E-state index contributed by atoms with van der Waals surface area (Å²) in [7, 11) is 1.53. The molecule has 7 nitrogen and oxygen atoms in total. The van der Waals surface area contributed by atoms with Gasteiger partial charge in [0.1, 0.15) is 18.0 Å². The molecule has 1 aromatic heterocycles. The first-order valence-electron chi connectivity index (χ1n) is 8.56. The van der Waals surface area contributed by atoms with Crippen molar-refractivity contribution < 1.29 is 14.3 Å². The lowest BCUT2D eigenvalue weighted by Crippen LogP contribution is -2.38. The predicted molar refractivity (Wildman–Crippen MR) is 103 cm³/mol. The zero-order chi connectivity index (χ0) is 19.2. The summed E-state index contributed by atoms with van der Waals surface area (Å²) in [4.78, 5) is 35.2. The zero-order valence-electron chi connectivity index (χ0n) is 15.2. The summed E-state index contributed by atoms with van der Waals surface area (Å²) in [6.45, 7) is 2.08. The lowest BCUT2D eigenvalue weighted by atomic mass is 10.2. The minimum atomic E-state index is -0.342. The SMILES string of the molecule is CCN(CC(=O)Nc1ccccc1OC)C(=O)c1cnc2ccccc2n1. The van der Waals surface area contributed by atoms with Gasteiger partial charge < -0.3 is 15.0 Å². The molecule has 0 radical (unpaired) electrons. The second-order valence-corrected chi connectivity index (χ2v) is 5.81. The topological polar surface area (TPSA) is 84.4 Å². The van der Waals surface area contributed by atoms with Crippen LogP contribution in [0, 0.1) is 0 Å². The van der Waals surface area contributed by atoms with Gasteiger partial charge in [0.2, 0.25) is 5.91 Å². The number of nitrogens with zero attached hydrogens (tertiary/aromatic N) is 3. The zero-order valence-corrected chi connectivity index (χ0v) is 15.2. The maximum Gasteiger partial charge on any atom is 0.274 e. The number of carbonyl (C=O) groups is 2. The fourth-order valence-corrected chi connectivity index (χ4v) is 2.66. The van der Waals surface area contributed by atoms with Crippen molar-refractivity contribution in [3.05, 3.63) is 60.4 Å². The molecule has 0 bridgehead atoms. The van der Waals surface area contributed by atoms with E-state index in [4.69, 9.17) is 4.74 Å². The Morgan fingerprint density at radius 3 is 2.52 bits per heavy atom. The van der Waals surface area contributed by atoms with Gasteiger partial charge in [0, 0.05) is 6.54 Å². The second-order valence-electron chi connectivity index (χ2n) is 5.81. The maximum absolute atomic E-state index is 12.7. The summed E-state index contributed by atoms with van der Waals surface area (Å²) >= 11 is 0. The molecule has 0 aliphatic rings. The molecular formula is C20H20N4O3. The van der Waals surface area contributed by atoms with Crippen molar-refractivity contribution in [2.45, 2.75) is 6.92 Å². The lowest BCUT2D eigenvalue weighted by molar-refractivity contribution is -0.116. The third kappa shape index (κ3) is 4.20. The van der Waals surface area contributed by atoms with Crippen LogP contribution in [0.15, 0.2) is 54.7 Å². The fraction of sp³-hybridized carbons (Fsp3) is 0.200. The van der Waals surface area contributed by atoms with Crippen LogP contribution in [0.3, 0.4) is 0 Å². The van der Waals surface area contributed by atoms with Crippen molar-refractivity contribution in [1.29, 1.82) is 0 Å². The van der Waals surface area contributed by atoms with Gasteiger partial charge in [0.15, 0.2) is 0 Å². The number of anilines is 1. The number of carbonyl (C=O) groups excluding carboxylic acids is 2.